The van der Waals surface area contributed by atoms with E-state index in [1.165, 1.54) is 44.9 Å². The van der Waals surface area contributed by atoms with Crippen LogP contribution in [0.15, 0.2) is 0 Å². The van der Waals surface area contributed by atoms with Gasteiger partial charge >= 0.3 is 0 Å². The molecule has 0 unspecified atom stereocenters. The smallest absolute Gasteiger partial charge is 0.233 e. The van der Waals surface area contributed by atoms with Gasteiger partial charge in [-0.1, -0.05) is 45.4 Å². The quantitative estimate of drug-likeness (QED) is 0.701. The van der Waals surface area contributed by atoms with Crippen molar-refractivity contribution in [2.75, 3.05) is 13.1 Å². The molecule has 17 heavy (non-hydrogen) atoms. The van der Waals surface area contributed by atoms with Gasteiger partial charge in [0.05, 0.1) is 6.54 Å². The maximum absolute atomic E-state index is 11.5. The largest absolute Gasteiger partial charge is 0.355 e. The van der Waals surface area contributed by atoms with E-state index in [4.69, 9.17) is 0 Å². The number of rotatable bonds is 6. The topological polar surface area (TPSA) is 41.1 Å². The molecule has 100 valence electrons. The van der Waals surface area contributed by atoms with Crippen LogP contribution in [0.1, 0.15) is 64.7 Å². The summed E-state index contributed by atoms with van der Waals surface area (Å²) in [5.41, 5.74) is 0. The maximum atomic E-state index is 11.5. The van der Waals surface area contributed by atoms with Crippen LogP contribution < -0.4 is 10.6 Å². The van der Waals surface area contributed by atoms with E-state index in [9.17, 15) is 4.79 Å². The Kier molecular flexibility index (Phi) is 8.06. The zero-order valence-electron chi connectivity index (χ0n) is 11.3. The highest BCUT2D eigenvalue weighted by atomic mass is 16.1. The molecule has 0 bridgehead atoms. The molecular formula is C14H28N2O. The van der Waals surface area contributed by atoms with Crippen molar-refractivity contribution < 1.29 is 4.79 Å². The molecule has 2 N–H and O–H groups in total. The van der Waals surface area contributed by atoms with Crippen molar-refractivity contribution in [1.29, 1.82) is 0 Å². The lowest BCUT2D eigenvalue weighted by atomic mass is 9.97. The Balaban J connectivity index is 2.08. The Hall–Kier alpha value is -0.570. The fourth-order valence-corrected chi connectivity index (χ4v) is 2.36. The van der Waals surface area contributed by atoms with E-state index in [2.05, 4.69) is 17.6 Å². The fourth-order valence-electron chi connectivity index (χ4n) is 2.36. The third kappa shape index (κ3) is 7.37. The van der Waals surface area contributed by atoms with Crippen molar-refractivity contribution in [2.45, 2.75) is 70.8 Å². The predicted octanol–water partition coefficient (Wildman–Crippen LogP) is 2.61. The van der Waals surface area contributed by atoms with E-state index in [0.29, 0.717) is 12.6 Å². The van der Waals surface area contributed by atoms with Gasteiger partial charge in [-0.15, -0.1) is 0 Å². The number of hydrogen-bond acceptors (Lipinski definition) is 2. The number of amides is 1. The van der Waals surface area contributed by atoms with Crippen LogP contribution in [0, 0.1) is 0 Å². The first-order valence-corrected chi connectivity index (χ1v) is 7.33. The summed E-state index contributed by atoms with van der Waals surface area (Å²) >= 11 is 0. The van der Waals surface area contributed by atoms with Gasteiger partial charge in [-0.3, -0.25) is 4.79 Å². The maximum Gasteiger partial charge on any atom is 0.233 e. The third-order valence-electron chi connectivity index (χ3n) is 3.51. The minimum absolute atomic E-state index is 0.153. The van der Waals surface area contributed by atoms with Crippen LogP contribution in [0.5, 0.6) is 0 Å². The summed E-state index contributed by atoms with van der Waals surface area (Å²) in [6.07, 6.45) is 11.4. The van der Waals surface area contributed by atoms with Crippen molar-refractivity contribution >= 4 is 5.91 Å². The molecule has 3 heteroatoms. The van der Waals surface area contributed by atoms with Gasteiger partial charge in [-0.2, -0.15) is 0 Å². The van der Waals surface area contributed by atoms with Crippen LogP contribution in [0.25, 0.3) is 0 Å². The number of unbranched alkanes of at least 4 members (excludes halogenated alkanes) is 1. The van der Waals surface area contributed by atoms with Crippen molar-refractivity contribution in [2.24, 2.45) is 0 Å². The molecule has 0 aromatic heterocycles. The number of carbonyl (C=O) groups excluding carboxylic acids is 1. The van der Waals surface area contributed by atoms with E-state index < -0.39 is 0 Å². The fraction of sp³-hybridized carbons (Fsp3) is 0.929. The summed E-state index contributed by atoms with van der Waals surface area (Å²) < 4.78 is 0. The van der Waals surface area contributed by atoms with Crippen LogP contribution in [-0.4, -0.2) is 25.0 Å². The summed E-state index contributed by atoms with van der Waals surface area (Å²) in [4.78, 5) is 11.5. The Morgan fingerprint density at radius 1 is 1.12 bits per heavy atom. The second-order valence-corrected chi connectivity index (χ2v) is 5.13. The summed E-state index contributed by atoms with van der Waals surface area (Å²) in [7, 11) is 0. The van der Waals surface area contributed by atoms with Gasteiger partial charge in [0.2, 0.25) is 5.91 Å². The normalized spacial score (nSPS) is 18.4. The summed E-state index contributed by atoms with van der Waals surface area (Å²) in [6.45, 7) is 3.45. The van der Waals surface area contributed by atoms with Crippen molar-refractivity contribution in [1.82, 2.24) is 10.6 Å². The summed E-state index contributed by atoms with van der Waals surface area (Å²) in [5, 5.41) is 6.35. The lowest BCUT2D eigenvalue weighted by Gasteiger charge is -2.20. The molecule has 0 aliphatic heterocycles. The highest BCUT2D eigenvalue weighted by Crippen LogP contribution is 2.16. The van der Waals surface area contributed by atoms with Gasteiger partial charge < -0.3 is 10.6 Å². The number of hydrogen-bond donors (Lipinski definition) is 2. The second-order valence-electron chi connectivity index (χ2n) is 5.13. The molecular weight excluding hydrogens is 212 g/mol. The molecule has 0 aromatic carbocycles. The minimum Gasteiger partial charge on any atom is -0.355 e. The molecule has 3 nitrogen and oxygen atoms in total. The van der Waals surface area contributed by atoms with Crippen molar-refractivity contribution in [3.8, 4) is 0 Å². The third-order valence-corrected chi connectivity index (χ3v) is 3.51. The summed E-state index contributed by atoms with van der Waals surface area (Å²) in [5.74, 6) is 0.153. The van der Waals surface area contributed by atoms with E-state index >= 15 is 0 Å². The number of carbonyl (C=O) groups is 1. The van der Waals surface area contributed by atoms with E-state index in [1.54, 1.807) is 0 Å². The van der Waals surface area contributed by atoms with E-state index in [1.807, 2.05) is 0 Å². The van der Waals surface area contributed by atoms with Crippen LogP contribution in [0.2, 0.25) is 0 Å². The molecule has 1 aliphatic carbocycles. The highest BCUT2D eigenvalue weighted by Gasteiger charge is 2.11. The van der Waals surface area contributed by atoms with Gasteiger partial charge in [0.1, 0.15) is 0 Å². The molecule has 1 fully saturated rings. The van der Waals surface area contributed by atoms with Crippen molar-refractivity contribution in [3.05, 3.63) is 0 Å². The zero-order valence-corrected chi connectivity index (χ0v) is 11.3. The van der Waals surface area contributed by atoms with Gasteiger partial charge in [0.25, 0.3) is 0 Å². The van der Waals surface area contributed by atoms with Crippen LogP contribution in [-0.2, 0) is 4.79 Å². The lowest BCUT2D eigenvalue weighted by Crippen LogP contribution is -2.39. The molecule has 0 radical (unpaired) electrons. The average Bonchev–Trinajstić information content (AvgIpc) is 2.28. The highest BCUT2D eigenvalue weighted by molar-refractivity contribution is 5.77. The minimum atomic E-state index is 0.153. The summed E-state index contributed by atoms with van der Waals surface area (Å²) in [6, 6.07) is 0.562. The first kappa shape index (κ1) is 14.5. The first-order valence-electron chi connectivity index (χ1n) is 7.33. The molecule has 1 amide bonds. The van der Waals surface area contributed by atoms with Gasteiger partial charge in [-0.25, -0.2) is 0 Å². The molecule has 1 rings (SSSR count). The molecule has 1 saturated carbocycles. The molecule has 0 heterocycles. The number of nitrogens with one attached hydrogen (secondary N) is 2. The van der Waals surface area contributed by atoms with Crippen molar-refractivity contribution in [3.63, 3.8) is 0 Å². The Labute approximate surface area is 106 Å². The van der Waals surface area contributed by atoms with Crippen LogP contribution in [0.3, 0.4) is 0 Å². The second kappa shape index (κ2) is 9.46. The van der Waals surface area contributed by atoms with Gasteiger partial charge in [0, 0.05) is 12.6 Å². The zero-order chi connectivity index (χ0) is 12.3. The Morgan fingerprint density at radius 3 is 2.41 bits per heavy atom. The SMILES string of the molecule is CCCCNC(=O)CNC1CCCCCCC1. The van der Waals surface area contributed by atoms with Crippen LogP contribution in [0.4, 0.5) is 0 Å². The monoisotopic (exact) mass is 240 g/mol. The average molecular weight is 240 g/mol. The molecule has 0 saturated heterocycles. The van der Waals surface area contributed by atoms with E-state index in [-0.39, 0.29) is 5.91 Å². The first-order chi connectivity index (χ1) is 8.33. The molecule has 1 aliphatic rings. The standard InChI is InChI=1S/C14H28N2O/c1-2-3-11-15-14(17)12-16-13-9-7-5-4-6-8-10-13/h13,16H,2-12H2,1H3,(H,15,17). The predicted molar refractivity (Wildman–Crippen MR) is 72.0 cm³/mol. The lowest BCUT2D eigenvalue weighted by molar-refractivity contribution is -0.120. The van der Waals surface area contributed by atoms with Gasteiger partial charge in [-0.05, 0) is 19.3 Å². The van der Waals surface area contributed by atoms with Gasteiger partial charge in [0.15, 0.2) is 0 Å². The molecule has 0 aromatic rings. The Morgan fingerprint density at radius 2 is 1.76 bits per heavy atom. The Bertz CT molecular complexity index is 198. The molecule has 0 spiro atoms. The molecule has 0 atom stereocenters. The van der Waals surface area contributed by atoms with E-state index in [0.717, 1.165) is 19.4 Å². The van der Waals surface area contributed by atoms with Crippen LogP contribution >= 0.6 is 0 Å².